The van der Waals surface area contributed by atoms with Gasteiger partial charge in [-0.15, -0.1) is 0 Å². The van der Waals surface area contributed by atoms with Crippen LogP contribution in [-0.4, -0.2) is 20.2 Å². The van der Waals surface area contributed by atoms with Crippen LogP contribution in [-0.2, 0) is 10.3 Å². The van der Waals surface area contributed by atoms with Gasteiger partial charge in [0.1, 0.15) is 0 Å². The summed E-state index contributed by atoms with van der Waals surface area (Å²) >= 11 is 0. The summed E-state index contributed by atoms with van der Waals surface area (Å²) in [5.74, 6) is 0.704. The van der Waals surface area contributed by atoms with E-state index in [1.165, 1.54) is 43.4 Å². The van der Waals surface area contributed by atoms with Crippen molar-refractivity contribution in [2.75, 3.05) is 20.2 Å². The molecule has 1 atom stereocenters. The minimum atomic E-state index is 0.0589. The first kappa shape index (κ1) is 11.2. The van der Waals surface area contributed by atoms with Crippen LogP contribution in [0.4, 0.5) is 0 Å². The second kappa shape index (κ2) is 4.43. The monoisotopic (exact) mass is 231 g/mol. The summed E-state index contributed by atoms with van der Waals surface area (Å²) in [4.78, 5) is 0. The molecule has 1 aromatic rings. The summed E-state index contributed by atoms with van der Waals surface area (Å²) in [6, 6.07) is 9.12. The van der Waals surface area contributed by atoms with Crippen molar-refractivity contribution in [2.24, 2.45) is 0 Å². The lowest BCUT2D eigenvalue weighted by Gasteiger charge is -2.23. The number of piperidine rings is 1. The van der Waals surface area contributed by atoms with Crippen molar-refractivity contribution < 1.29 is 4.74 Å². The van der Waals surface area contributed by atoms with E-state index in [0.29, 0.717) is 5.92 Å². The van der Waals surface area contributed by atoms with Gasteiger partial charge >= 0.3 is 0 Å². The van der Waals surface area contributed by atoms with Crippen molar-refractivity contribution in [3.8, 4) is 0 Å². The van der Waals surface area contributed by atoms with E-state index in [1.807, 2.05) is 7.11 Å². The molecule has 0 bridgehead atoms. The molecule has 1 unspecified atom stereocenters. The molecule has 1 saturated carbocycles. The van der Waals surface area contributed by atoms with E-state index in [9.17, 15) is 0 Å². The predicted molar refractivity (Wildman–Crippen MR) is 69.2 cm³/mol. The fourth-order valence-electron chi connectivity index (χ4n) is 2.92. The quantitative estimate of drug-likeness (QED) is 0.863. The van der Waals surface area contributed by atoms with Gasteiger partial charge in [-0.05, 0) is 49.3 Å². The molecule has 1 aliphatic heterocycles. The molecule has 3 rings (SSSR count). The average Bonchev–Trinajstić information content (AvgIpc) is 3.21. The van der Waals surface area contributed by atoms with Gasteiger partial charge in [0, 0.05) is 13.7 Å². The second-order valence-electron chi connectivity index (χ2n) is 5.36. The van der Waals surface area contributed by atoms with E-state index in [4.69, 9.17) is 4.74 Å². The summed E-state index contributed by atoms with van der Waals surface area (Å²) in [5, 5.41) is 3.48. The second-order valence-corrected chi connectivity index (χ2v) is 5.36. The van der Waals surface area contributed by atoms with E-state index in [2.05, 4.69) is 29.6 Å². The van der Waals surface area contributed by atoms with Crippen LogP contribution in [0, 0.1) is 0 Å². The topological polar surface area (TPSA) is 21.3 Å². The van der Waals surface area contributed by atoms with Crippen LogP contribution in [0.3, 0.4) is 0 Å². The van der Waals surface area contributed by atoms with Crippen molar-refractivity contribution in [1.29, 1.82) is 0 Å². The Morgan fingerprint density at radius 2 is 2.00 bits per heavy atom. The van der Waals surface area contributed by atoms with Gasteiger partial charge in [-0.1, -0.05) is 24.3 Å². The Morgan fingerprint density at radius 3 is 2.53 bits per heavy atom. The Morgan fingerprint density at radius 1 is 1.24 bits per heavy atom. The van der Waals surface area contributed by atoms with Crippen LogP contribution in [0.15, 0.2) is 24.3 Å². The van der Waals surface area contributed by atoms with Crippen molar-refractivity contribution in [1.82, 2.24) is 5.32 Å². The molecule has 1 aromatic carbocycles. The van der Waals surface area contributed by atoms with Crippen LogP contribution < -0.4 is 5.32 Å². The lowest BCUT2D eigenvalue weighted by atomic mass is 9.90. The van der Waals surface area contributed by atoms with Crippen molar-refractivity contribution >= 4 is 0 Å². The van der Waals surface area contributed by atoms with Crippen molar-refractivity contribution in [3.05, 3.63) is 35.4 Å². The van der Waals surface area contributed by atoms with Gasteiger partial charge in [0.05, 0.1) is 5.60 Å². The van der Waals surface area contributed by atoms with E-state index < -0.39 is 0 Å². The molecular weight excluding hydrogens is 210 g/mol. The average molecular weight is 231 g/mol. The third kappa shape index (κ3) is 2.12. The van der Waals surface area contributed by atoms with Crippen LogP contribution in [0.1, 0.15) is 42.7 Å². The molecule has 0 aromatic heterocycles. The minimum absolute atomic E-state index is 0.0589. The summed E-state index contributed by atoms with van der Waals surface area (Å²) in [5.41, 5.74) is 2.89. The maximum absolute atomic E-state index is 5.61. The summed E-state index contributed by atoms with van der Waals surface area (Å²) in [7, 11) is 1.83. The molecule has 0 radical (unpaired) electrons. The number of methoxy groups -OCH3 is 1. The number of hydrogen-bond donors (Lipinski definition) is 1. The highest BCUT2D eigenvalue weighted by Crippen LogP contribution is 2.48. The maximum atomic E-state index is 5.61. The van der Waals surface area contributed by atoms with E-state index in [1.54, 1.807) is 0 Å². The van der Waals surface area contributed by atoms with E-state index >= 15 is 0 Å². The zero-order valence-corrected chi connectivity index (χ0v) is 10.5. The molecule has 1 aliphatic carbocycles. The van der Waals surface area contributed by atoms with Gasteiger partial charge in [0.25, 0.3) is 0 Å². The summed E-state index contributed by atoms with van der Waals surface area (Å²) < 4.78 is 5.61. The SMILES string of the molecule is COC1(c2ccc(C3CCCNC3)cc2)CC1. The first-order valence-electron chi connectivity index (χ1n) is 6.70. The molecule has 1 saturated heterocycles. The number of hydrogen-bond acceptors (Lipinski definition) is 2. The Balaban J connectivity index is 1.75. The highest BCUT2D eigenvalue weighted by atomic mass is 16.5. The molecule has 2 nitrogen and oxygen atoms in total. The van der Waals surface area contributed by atoms with Gasteiger partial charge in [-0.3, -0.25) is 0 Å². The van der Waals surface area contributed by atoms with Gasteiger partial charge < -0.3 is 10.1 Å². The fourth-order valence-corrected chi connectivity index (χ4v) is 2.92. The third-order valence-electron chi connectivity index (χ3n) is 4.30. The third-order valence-corrected chi connectivity index (χ3v) is 4.30. The van der Waals surface area contributed by atoms with Gasteiger partial charge in [-0.2, -0.15) is 0 Å². The molecule has 1 heterocycles. The highest BCUT2D eigenvalue weighted by molar-refractivity contribution is 5.32. The number of ether oxygens (including phenoxy) is 1. The van der Waals surface area contributed by atoms with E-state index in [0.717, 1.165) is 6.54 Å². The molecule has 2 fully saturated rings. The Bertz CT molecular complexity index is 374. The van der Waals surface area contributed by atoms with Crippen LogP contribution in [0.5, 0.6) is 0 Å². The van der Waals surface area contributed by atoms with Crippen LogP contribution in [0.25, 0.3) is 0 Å². The van der Waals surface area contributed by atoms with Crippen molar-refractivity contribution in [3.63, 3.8) is 0 Å². The largest absolute Gasteiger partial charge is 0.374 e. The van der Waals surface area contributed by atoms with Gasteiger partial charge in [0.15, 0.2) is 0 Å². The highest BCUT2D eigenvalue weighted by Gasteiger charge is 2.44. The smallest absolute Gasteiger partial charge is 0.0929 e. The minimum Gasteiger partial charge on any atom is -0.374 e. The first-order chi connectivity index (χ1) is 8.34. The first-order valence-corrected chi connectivity index (χ1v) is 6.70. The normalized spacial score (nSPS) is 26.8. The number of nitrogens with one attached hydrogen (secondary N) is 1. The van der Waals surface area contributed by atoms with Crippen molar-refractivity contribution in [2.45, 2.75) is 37.2 Å². The number of benzene rings is 1. The van der Waals surface area contributed by atoms with Crippen LogP contribution >= 0.6 is 0 Å². The van der Waals surface area contributed by atoms with E-state index in [-0.39, 0.29) is 5.60 Å². The molecular formula is C15H21NO. The predicted octanol–water partition coefficient (Wildman–Crippen LogP) is 2.79. The fraction of sp³-hybridized carbons (Fsp3) is 0.600. The molecule has 2 heteroatoms. The molecule has 92 valence electrons. The molecule has 17 heavy (non-hydrogen) atoms. The molecule has 0 spiro atoms. The lowest BCUT2D eigenvalue weighted by Crippen LogP contribution is -2.28. The van der Waals surface area contributed by atoms with Gasteiger partial charge in [0.2, 0.25) is 0 Å². The van der Waals surface area contributed by atoms with Gasteiger partial charge in [-0.25, -0.2) is 0 Å². The molecule has 0 amide bonds. The summed E-state index contributed by atoms with van der Waals surface area (Å²) in [6.45, 7) is 2.32. The maximum Gasteiger partial charge on any atom is 0.0929 e. The summed E-state index contributed by atoms with van der Waals surface area (Å²) in [6.07, 6.45) is 4.97. The molecule has 2 aliphatic rings. The zero-order chi connectivity index (χ0) is 11.7. The molecule has 1 N–H and O–H groups in total. The Labute approximate surface area is 103 Å². The van der Waals surface area contributed by atoms with Crippen LogP contribution in [0.2, 0.25) is 0 Å². The zero-order valence-electron chi connectivity index (χ0n) is 10.5. The number of rotatable bonds is 3. The Hall–Kier alpha value is -0.860. The Kier molecular flexibility index (Phi) is 2.93. The lowest BCUT2D eigenvalue weighted by molar-refractivity contribution is 0.0789. The standard InChI is InChI=1S/C15H21NO/c1-17-15(8-9-15)14-6-4-12(5-7-14)13-3-2-10-16-11-13/h4-7,13,16H,2-3,8-11H2,1H3.